The maximum atomic E-state index is 13.2. The predicted molar refractivity (Wildman–Crippen MR) is 133 cm³/mol. The van der Waals surface area contributed by atoms with Crippen LogP contribution >= 0.6 is 0 Å². The Kier molecular flexibility index (Phi) is 6.63. The number of fused-ring (bicyclic) bond motifs is 1. The lowest BCUT2D eigenvalue weighted by Gasteiger charge is -2.15. The van der Waals surface area contributed by atoms with Gasteiger partial charge in [0, 0.05) is 16.6 Å². The third kappa shape index (κ3) is 5.53. The molecule has 0 saturated heterocycles. The number of benzene rings is 3. The van der Waals surface area contributed by atoms with Crippen LogP contribution in [0, 0.1) is 6.92 Å². The summed E-state index contributed by atoms with van der Waals surface area (Å²) in [6.45, 7) is 3.37. The highest BCUT2D eigenvalue weighted by atomic mass is 32.2. The van der Waals surface area contributed by atoms with Crippen molar-refractivity contribution in [2.45, 2.75) is 24.8 Å². The Labute approximate surface area is 202 Å². The molecule has 0 fully saturated rings. The Morgan fingerprint density at radius 2 is 1.66 bits per heavy atom. The fourth-order valence-corrected chi connectivity index (χ4v) is 4.03. The first kappa shape index (κ1) is 24.1. The molecule has 9 heteroatoms. The second-order valence-corrected chi connectivity index (χ2v) is 9.61. The zero-order valence-electron chi connectivity index (χ0n) is 19.1. The molecule has 0 spiro atoms. The number of nitrogens with two attached hydrogens (primary N) is 1. The second kappa shape index (κ2) is 9.65. The Morgan fingerprint density at radius 3 is 2.31 bits per heavy atom. The number of anilines is 1. The fourth-order valence-electron chi connectivity index (χ4n) is 3.51. The molecular weight excluding hydrogens is 466 g/mol. The molecule has 0 aliphatic heterocycles. The predicted octanol–water partition coefficient (Wildman–Crippen LogP) is 4.04. The number of sulfonamides is 1. The zero-order valence-corrected chi connectivity index (χ0v) is 19.9. The van der Waals surface area contributed by atoms with Gasteiger partial charge in [0.05, 0.1) is 21.7 Å². The number of carbonyl (C=O) groups excluding carboxylic acids is 2. The van der Waals surface area contributed by atoms with Crippen LogP contribution in [0.3, 0.4) is 0 Å². The molecule has 8 nitrogen and oxygen atoms in total. The minimum Gasteiger partial charge on any atom is -0.449 e. The Bertz CT molecular complexity index is 1520. The summed E-state index contributed by atoms with van der Waals surface area (Å²) in [4.78, 5) is 30.4. The number of nitrogens with zero attached hydrogens (tertiary/aromatic N) is 1. The van der Waals surface area contributed by atoms with Gasteiger partial charge >= 0.3 is 5.97 Å². The third-order valence-corrected chi connectivity index (χ3v) is 6.29. The Balaban J connectivity index is 1.57. The molecule has 4 aromatic rings. The van der Waals surface area contributed by atoms with Crippen molar-refractivity contribution in [1.82, 2.24) is 4.98 Å². The highest BCUT2D eigenvalue weighted by Gasteiger charge is 2.22. The molecule has 0 saturated carbocycles. The zero-order chi connectivity index (χ0) is 25.2. The van der Waals surface area contributed by atoms with Gasteiger partial charge in [-0.3, -0.25) is 4.79 Å². The summed E-state index contributed by atoms with van der Waals surface area (Å²) in [5.41, 5.74) is 3.68. The SMILES string of the molecule is Cc1ccc2nc(-c3ccccc3)cc(C(=O)O[C@H](C)C(=O)Nc3ccc(S(N)(=O)=O)cc3)c2c1. The van der Waals surface area contributed by atoms with Crippen molar-refractivity contribution in [3.05, 3.63) is 90.0 Å². The van der Waals surface area contributed by atoms with Crippen molar-refractivity contribution in [1.29, 1.82) is 0 Å². The number of aromatic nitrogens is 1. The minimum atomic E-state index is -3.84. The number of rotatable bonds is 6. The lowest BCUT2D eigenvalue weighted by atomic mass is 10.0. The number of hydrogen-bond donors (Lipinski definition) is 2. The quantitative estimate of drug-likeness (QED) is 0.393. The van der Waals surface area contributed by atoms with Crippen LogP contribution in [-0.4, -0.2) is 31.4 Å². The standard InChI is InChI=1S/C26H23N3O5S/c1-16-8-13-23-21(14-16)22(15-24(29-23)18-6-4-3-5-7-18)26(31)34-17(2)25(30)28-19-9-11-20(12-10-19)35(27,32)33/h3-15,17H,1-2H3,(H,28,30)(H2,27,32,33)/t17-/m1/s1. The van der Waals surface area contributed by atoms with Gasteiger partial charge < -0.3 is 10.1 Å². The maximum Gasteiger partial charge on any atom is 0.339 e. The Hall–Kier alpha value is -4.08. The van der Waals surface area contributed by atoms with E-state index < -0.39 is 28.0 Å². The average molecular weight is 490 g/mol. The van der Waals surface area contributed by atoms with Gasteiger partial charge in [0.1, 0.15) is 0 Å². The van der Waals surface area contributed by atoms with Crippen molar-refractivity contribution in [2.75, 3.05) is 5.32 Å². The van der Waals surface area contributed by atoms with E-state index in [2.05, 4.69) is 10.3 Å². The van der Waals surface area contributed by atoms with Crippen molar-refractivity contribution in [2.24, 2.45) is 5.14 Å². The van der Waals surface area contributed by atoms with Gasteiger partial charge in [0.2, 0.25) is 10.0 Å². The molecule has 0 aliphatic carbocycles. The van der Waals surface area contributed by atoms with Crippen LogP contribution in [-0.2, 0) is 19.6 Å². The number of hydrogen-bond acceptors (Lipinski definition) is 6. The molecule has 3 N–H and O–H groups in total. The highest BCUT2D eigenvalue weighted by molar-refractivity contribution is 7.89. The van der Waals surface area contributed by atoms with E-state index in [0.29, 0.717) is 27.8 Å². The van der Waals surface area contributed by atoms with E-state index in [4.69, 9.17) is 9.88 Å². The van der Waals surface area contributed by atoms with Crippen LogP contribution in [0.1, 0.15) is 22.8 Å². The van der Waals surface area contributed by atoms with Gasteiger partial charge in [-0.15, -0.1) is 0 Å². The van der Waals surface area contributed by atoms with Crippen molar-refractivity contribution >= 4 is 38.5 Å². The van der Waals surface area contributed by atoms with E-state index in [9.17, 15) is 18.0 Å². The number of primary sulfonamides is 1. The number of nitrogens with one attached hydrogen (secondary N) is 1. The molecule has 1 amide bonds. The summed E-state index contributed by atoms with van der Waals surface area (Å²) in [6.07, 6.45) is -1.12. The largest absolute Gasteiger partial charge is 0.449 e. The molecule has 1 aromatic heterocycles. The van der Waals surface area contributed by atoms with Crippen LogP contribution in [0.2, 0.25) is 0 Å². The number of pyridine rings is 1. The third-order valence-electron chi connectivity index (χ3n) is 5.36. The molecule has 1 atom stereocenters. The minimum absolute atomic E-state index is 0.0796. The van der Waals surface area contributed by atoms with Crippen LogP contribution in [0.5, 0.6) is 0 Å². The molecule has 178 valence electrons. The monoisotopic (exact) mass is 489 g/mol. The molecular formula is C26H23N3O5S. The first-order valence-electron chi connectivity index (χ1n) is 10.7. The van der Waals surface area contributed by atoms with Crippen molar-refractivity contribution < 1.29 is 22.7 Å². The van der Waals surface area contributed by atoms with Crippen LogP contribution in [0.25, 0.3) is 22.2 Å². The molecule has 4 rings (SSSR count). The van der Waals surface area contributed by atoms with E-state index in [-0.39, 0.29) is 4.90 Å². The van der Waals surface area contributed by atoms with Gasteiger partial charge in [-0.1, -0.05) is 42.0 Å². The molecule has 0 unspecified atom stereocenters. The summed E-state index contributed by atoms with van der Waals surface area (Å²) in [7, 11) is -3.84. The molecule has 0 aliphatic rings. The summed E-state index contributed by atoms with van der Waals surface area (Å²) in [5, 5.41) is 8.31. The van der Waals surface area contributed by atoms with Gasteiger partial charge in [0.15, 0.2) is 6.10 Å². The number of esters is 1. The summed E-state index contributed by atoms with van der Waals surface area (Å²) >= 11 is 0. The van der Waals surface area contributed by atoms with Gasteiger partial charge in [-0.05, 0) is 56.3 Å². The lowest BCUT2D eigenvalue weighted by Crippen LogP contribution is -2.30. The summed E-state index contributed by atoms with van der Waals surface area (Å²) < 4.78 is 28.3. The van der Waals surface area contributed by atoms with E-state index in [1.54, 1.807) is 6.07 Å². The first-order chi connectivity index (χ1) is 16.6. The number of ether oxygens (including phenoxy) is 1. The molecule has 0 bridgehead atoms. The van der Waals surface area contributed by atoms with Gasteiger partial charge in [-0.25, -0.2) is 23.3 Å². The average Bonchev–Trinajstić information content (AvgIpc) is 2.83. The normalized spacial score (nSPS) is 12.2. The number of amides is 1. The number of carbonyl (C=O) groups is 2. The van der Waals surface area contributed by atoms with Crippen LogP contribution in [0.15, 0.2) is 83.8 Å². The molecule has 1 heterocycles. The Morgan fingerprint density at radius 1 is 0.971 bits per heavy atom. The second-order valence-electron chi connectivity index (χ2n) is 8.05. The van der Waals surface area contributed by atoms with E-state index >= 15 is 0 Å². The van der Waals surface area contributed by atoms with Crippen molar-refractivity contribution in [3.63, 3.8) is 0 Å². The topological polar surface area (TPSA) is 128 Å². The maximum absolute atomic E-state index is 13.2. The van der Waals surface area contributed by atoms with Crippen LogP contribution in [0.4, 0.5) is 5.69 Å². The van der Waals surface area contributed by atoms with Gasteiger partial charge in [-0.2, -0.15) is 0 Å². The lowest BCUT2D eigenvalue weighted by molar-refractivity contribution is -0.123. The van der Waals surface area contributed by atoms with E-state index in [1.165, 1.54) is 31.2 Å². The van der Waals surface area contributed by atoms with Crippen LogP contribution < -0.4 is 10.5 Å². The summed E-state index contributed by atoms with van der Waals surface area (Å²) in [6, 6.07) is 22.1. The number of aryl methyl sites for hydroxylation is 1. The first-order valence-corrected chi connectivity index (χ1v) is 12.3. The molecule has 35 heavy (non-hydrogen) atoms. The summed E-state index contributed by atoms with van der Waals surface area (Å²) in [5.74, 6) is -1.23. The smallest absolute Gasteiger partial charge is 0.339 e. The molecule has 0 radical (unpaired) electrons. The van der Waals surface area contributed by atoms with Crippen molar-refractivity contribution in [3.8, 4) is 11.3 Å². The van der Waals surface area contributed by atoms with Gasteiger partial charge in [0.25, 0.3) is 5.91 Å². The van der Waals surface area contributed by atoms with E-state index in [1.807, 2.05) is 55.5 Å². The molecule has 3 aromatic carbocycles. The fraction of sp³-hybridized carbons (Fsp3) is 0.115. The highest BCUT2D eigenvalue weighted by Crippen LogP contribution is 2.26. The van der Waals surface area contributed by atoms with E-state index in [0.717, 1.165) is 11.1 Å².